The van der Waals surface area contributed by atoms with Crippen LogP contribution in [0.5, 0.6) is 0 Å². The average Bonchev–Trinajstić information content (AvgIpc) is 3.06. The van der Waals surface area contributed by atoms with E-state index >= 15 is 0 Å². The number of fused-ring (bicyclic) bond motifs is 7. The van der Waals surface area contributed by atoms with Crippen molar-refractivity contribution in [2.75, 3.05) is 13.2 Å². The Morgan fingerprint density at radius 2 is 1.71 bits per heavy atom. The van der Waals surface area contributed by atoms with Crippen molar-refractivity contribution in [2.45, 2.75) is 148 Å². The van der Waals surface area contributed by atoms with Gasteiger partial charge in [-0.3, -0.25) is 4.79 Å². The van der Waals surface area contributed by atoms with Crippen molar-refractivity contribution < 1.29 is 49.3 Å². The highest BCUT2D eigenvalue weighted by molar-refractivity contribution is 5.77. The summed E-state index contributed by atoms with van der Waals surface area (Å²) >= 11 is 0. The number of carbonyl (C=O) groups is 2. The minimum Gasteiger partial charge on any atom is -0.481 e. The van der Waals surface area contributed by atoms with Gasteiger partial charge in [0.25, 0.3) is 0 Å². The molecule has 1 heterocycles. The number of aliphatic hydroxyl groups excluding tert-OH is 4. The van der Waals surface area contributed by atoms with Crippen molar-refractivity contribution in [1.29, 1.82) is 0 Å². The predicted molar refractivity (Wildman–Crippen MR) is 181 cm³/mol. The summed E-state index contributed by atoms with van der Waals surface area (Å²) in [6, 6.07) is 0. The van der Waals surface area contributed by atoms with E-state index in [-0.39, 0.29) is 41.3 Å². The number of carboxylic acid groups (broad SMARTS) is 1. The zero-order valence-electron chi connectivity index (χ0n) is 30.2. The standard InChI is InChI=1S/C39H60O10/c1-7-8-19-47-32(44)31-29(42)28(41)30(43)33(49-31)48-27-13-14-35(3)25(36(27,4)21-40)12-15-38(6)26(35)10-9-23-24-20-22(2)11-16-39(24,34(45)46)18-17-37(23,38)5/h9,24-31,33,40-43H,2,7-8,10-21H2,1,3-6H3,(H,45,46)/t24?,25?,26?,27-,28-,29-,30+,31-,33+,35-,36-,37+,38+,39-/m0/s1. The number of allylic oxidation sites excluding steroid dienone is 3. The molecule has 5 aliphatic carbocycles. The molecule has 6 aliphatic rings. The van der Waals surface area contributed by atoms with Gasteiger partial charge in [0, 0.05) is 11.3 Å². The van der Waals surface area contributed by atoms with Crippen molar-refractivity contribution in [2.24, 2.45) is 44.8 Å². The molecule has 0 amide bonds. The number of rotatable bonds is 8. The molecule has 49 heavy (non-hydrogen) atoms. The Morgan fingerprint density at radius 1 is 0.980 bits per heavy atom. The molecule has 5 fully saturated rings. The molecular weight excluding hydrogens is 628 g/mol. The first-order chi connectivity index (χ1) is 23.0. The monoisotopic (exact) mass is 688 g/mol. The second-order valence-electron chi connectivity index (χ2n) is 17.5. The third kappa shape index (κ3) is 5.40. The third-order valence-electron chi connectivity index (χ3n) is 15.4. The number of carbonyl (C=O) groups excluding carboxylic acids is 1. The van der Waals surface area contributed by atoms with Gasteiger partial charge in [-0.25, -0.2) is 4.79 Å². The summed E-state index contributed by atoms with van der Waals surface area (Å²) in [5.41, 5.74) is 0.683. The zero-order valence-corrected chi connectivity index (χ0v) is 30.2. The van der Waals surface area contributed by atoms with Crippen molar-refractivity contribution in [3.8, 4) is 0 Å². The average molecular weight is 689 g/mol. The summed E-state index contributed by atoms with van der Waals surface area (Å²) in [5.74, 6) is -1.13. The first-order valence-corrected chi connectivity index (χ1v) is 18.8. The van der Waals surface area contributed by atoms with Crippen LogP contribution in [0.2, 0.25) is 0 Å². The van der Waals surface area contributed by atoms with E-state index in [0.717, 1.165) is 56.9 Å². The van der Waals surface area contributed by atoms with Gasteiger partial charge >= 0.3 is 11.9 Å². The molecule has 0 bridgehead atoms. The highest BCUT2D eigenvalue weighted by Gasteiger charge is 2.69. The molecule has 6 rings (SSSR count). The van der Waals surface area contributed by atoms with E-state index in [9.17, 15) is 35.1 Å². The maximum Gasteiger partial charge on any atom is 0.338 e. The summed E-state index contributed by atoms with van der Waals surface area (Å²) in [4.78, 5) is 25.7. The van der Waals surface area contributed by atoms with Crippen molar-refractivity contribution >= 4 is 11.9 Å². The van der Waals surface area contributed by atoms with Crippen LogP contribution >= 0.6 is 0 Å². The van der Waals surface area contributed by atoms with Gasteiger partial charge in [0.15, 0.2) is 12.4 Å². The minimum atomic E-state index is -1.67. The second-order valence-corrected chi connectivity index (χ2v) is 17.5. The van der Waals surface area contributed by atoms with E-state index in [2.05, 4.69) is 33.4 Å². The smallest absolute Gasteiger partial charge is 0.338 e. The van der Waals surface area contributed by atoms with Gasteiger partial charge in [-0.1, -0.05) is 64.8 Å². The van der Waals surface area contributed by atoms with Crippen LogP contribution in [0.25, 0.3) is 0 Å². The Balaban J connectivity index is 1.26. The number of aliphatic carboxylic acids is 1. The molecule has 10 nitrogen and oxygen atoms in total. The van der Waals surface area contributed by atoms with E-state index in [1.165, 1.54) is 5.57 Å². The minimum absolute atomic E-state index is 0.0244. The molecule has 5 N–H and O–H groups in total. The topological polar surface area (TPSA) is 163 Å². The molecule has 4 saturated carbocycles. The lowest BCUT2D eigenvalue weighted by molar-refractivity contribution is -0.328. The fourth-order valence-electron chi connectivity index (χ4n) is 12.1. The summed E-state index contributed by atoms with van der Waals surface area (Å²) in [7, 11) is 0. The van der Waals surface area contributed by atoms with Gasteiger partial charge in [0.2, 0.25) is 0 Å². The number of carboxylic acids is 1. The molecular formula is C39H60O10. The van der Waals surface area contributed by atoms with E-state index in [0.29, 0.717) is 31.6 Å². The second kappa shape index (κ2) is 13.0. The number of unbranched alkanes of at least 4 members (excludes halogenated alkanes) is 1. The quantitative estimate of drug-likeness (QED) is 0.103. The first-order valence-electron chi connectivity index (χ1n) is 18.8. The van der Waals surface area contributed by atoms with Gasteiger partial charge in [-0.05, 0) is 98.7 Å². The summed E-state index contributed by atoms with van der Waals surface area (Å²) in [6.07, 6.45) is 3.22. The highest BCUT2D eigenvalue weighted by Crippen LogP contribution is 2.75. The van der Waals surface area contributed by atoms with E-state index in [1.54, 1.807) is 0 Å². The number of hydrogen-bond acceptors (Lipinski definition) is 9. The Bertz CT molecular complexity index is 1350. The fourth-order valence-corrected chi connectivity index (χ4v) is 12.1. The number of hydrogen-bond donors (Lipinski definition) is 5. The third-order valence-corrected chi connectivity index (χ3v) is 15.4. The highest BCUT2D eigenvalue weighted by atomic mass is 16.7. The van der Waals surface area contributed by atoms with Crippen LogP contribution in [0.3, 0.4) is 0 Å². The Morgan fingerprint density at radius 3 is 2.39 bits per heavy atom. The molecule has 0 aromatic heterocycles. The van der Waals surface area contributed by atoms with E-state index in [1.807, 2.05) is 13.8 Å². The number of esters is 1. The van der Waals surface area contributed by atoms with Crippen LogP contribution < -0.4 is 0 Å². The normalized spacial score (nSPS) is 49.4. The molecule has 3 unspecified atom stereocenters. The first kappa shape index (κ1) is 37.0. The number of aliphatic hydroxyl groups is 4. The summed E-state index contributed by atoms with van der Waals surface area (Å²) < 4.78 is 17.6. The molecule has 0 spiro atoms. The van der Waals surface area contributed by atoms with Crippen LogP contribution in [0.1, 0.15) is 112 Å². The number of ether oxygens (including phenoxy) is 3. The molecule has 10 heteroatoms. The van der Waals surface area contributed by atoms with Crippen molar-refractivity contribution in [3.05, 3.63) is 23.8 Å². The van der Waals surface area contributed by atoms with Crippen LogP contribution in [0.4, 0.5) is 0 Å². The maximum atomic E-state index is 12.9. The molecule has 0 aromatic rings. The zero-order chi connectivity index (χ0) is 35.7. The lowest BCUT2D eigenvalue weighted by Crippen LogP contribution is -2.67. The van der Waals surface area contributed by atoms with Crippen molar-refractivity contribution in [3.63, 3.8) is 0 Å². The summed E-state index contributed by atoms with van der Waals surface area (Å²) in [6.45, 7) is 15.5. The Hall–Kier alpha value is -1.82. The van der Waals surface area contributed by atoms with Gasteiger partial charge in [-0.15, -0.1) is 0 Å². The molecule has 1 aliphatic heterocycles. The lowest BCUT2D eigenvalue weighted by atomic mass is 9.34. The van der Waals surface area contributed by atoms with Gasteiger partial charge in [0.05, 0.1) is 24.7 Å². The molecule has 0 aromatic carbocycles. The van der Waals surface area contributed by atoms with Crippen LogP contribution in [0.15, 0.2) is 23.8 Å². The Labute approximate surface area is 291 Å². The SMILES string of the molecule is C=C1CC[C@]2(C(=O)O)CC[C@]3(C)C(=CCC4[C@@]5(C)CC[C@H](O[C@@H]6O[C@H](C(=O)OCCCC)[C@@H](O)[C@H](O)[C@H]6O)[C@@](C)(CO)C5CC[C@]43C)C2C1. The van der Waals surface area contributed by atoms with Crippen LogP contribution in [-0.4, -0.2) is 87.5 Å². The lowest BCUT2D eigenvalue weighted by Gasteiger charge is -2.71. The largest absolute Gasteiger partial charge is 0.481 e. The maximum absolute atomic E-state index is 12.9. The van der Waals surface area contributed by atoms with Crippen LogP contribution in [0, 0.1) is 44.8 Å². The van der Waals surface area contributed by atoms with E-state index in [4.69, 9.17) is 14.2 Å². The van der Waals surface area contributed by atoms with E-state index < -0.39 is 59.6 Å². The van der Waals surface area contributed by atoms with Gasteiger partial charge in [0.1, 0.15) is 18.3 Å². The fraction of sp³-hybridized carbons (Fsp3) is 0.846. The van der Waals surface area contributed by atoms with Crippen LogP contribution in [-0.2, 0) is 23.8 Å². The Kier molecular flexibility index (Phi) is 9.80. The summed E-state index contributed by atoms with van der Waals surface area (Å²) in [5, 5.41) is 53.9. The predicted octanol–water partition coefficient (Wildman–Crippen LogP) is 4.91. The van der Waals surface area contributed by atoms with Gasteiger partial charge in [-0.2, -0.15) is 0 Å². The van der Waals surface area contributed by atoms with Crippen molar-refractivity contribution in [1.82, 2.24) is 0 Å². The molecule has 14 atom stereocenters. The van der Waals surface area contributed by atoms with Gasteiger partial charge < -0.3 is 39.7 Å². The molecule has 276 valence electrons. The molecule has 1 saturated heterocycles. The molecule has 0 radical (unpaired) electrons.